The second kappa shape index (κ2) is 42.0. The lowest BCUT2D eigenvalue weighted by Gasteiger charge is -2.41. The molecule has 0 amide bonds. The highest BCUT2D eigenvalue weighted by molar-refractivity contribution is 7.47. The van der Waals surface area contributed by atoms with Gasteiger partial charge in [0.15, 0.2) is 6.10 Å². The van der Waals surface area contributed by atoms with Crippen molar-refractivity contribution in [1.82, 2.24) is 0 Å². The van der Waals surface area contributed by atoms with Crippen molar-refractivity contribution < 1.29 is 73.3 Å². The lowest BCUT2D eigenvalue weighted by molar-refractivity contribution is -0.220. The van der Waals surface area contributed by atoms with Crippen LogP contribution >= 0.6 is 7.82 Å². The number of phosphoric ester groups is 1. The van der Waals surface area contributed by atoms with E-state index in [0.29, 0.717) is 25.7 Å². The molecule has 0 aliphatic heterocycles. The molecule has 0 aromatic rings. The van der Waals surface area contributed by atoms with E-state index >= 15 is 0 Å². The molecule has 398 valence electrons. The van der Waals surface area contributed by atoms with Crippen molar-refractivity contribution in [3.8, 4) is 0 Å². The van der Waals surface area contributed by atoms with Gasteiger partial charge in [-0.3, -0.25) is 18.6 Å². The molecular formula is C54H87O15P. The highest BCUT2D eigenvalue weighted by Crippen LogP contribution is 2.47. The summed E-state index contributed by atoms with van der Waals surface area (Å²) < 4.78 is 33.5. The molecule has 0 heterocycles. The highest BCUT2D eigenvalue weighted by atomic mass is 31.2. The molecule has 1 saturated carbocycles. The lowest BCUT2D eigenvalue weighted by atomic mass is 9.85. The average Bonchev–Trinajstić information content (AvgIpc) is 3.33. The second-order valence-corrected chi connectivity index (χ2v) is 18.7. The largest absolute Gasteiger partial charge is 0.472 e. The molecule has 0 spiro atoms. The molecule has 1 rings (SSSR count). The molecule has 3 unspecified atom stereocenters. The number of ether oxygens (including phenoxy) is 2. The third kappa shape index (κ3) is 33.9. The number of hydrogen-bond acceptors (Lipinski definition) is 14. The molecule has 15 nitrogen and oxygen atoms in total. The number of aliphatic hydroxyl groups excluding tert-OH is 7. The SMILES string of the molecule is CC/C=C\C[C@H](O)/C=C/C=C\C=C\[C@H](O)C/C=C\C/C=C\CCC(=O)O[C@H](COC(=O)CCCCCCCC/C=C\C/C=C\C/C=C\CCCCCC)COP(=O)(O)OC1[C@H](O)[C@H](O)C(O)[C@H](O)[C@H]1O. The highest BCUT2D eigenvalue weighted by Gasteiger charge is 2.51. The summed E-state index contributed by atoms with van der Waals surface area (Å²) in [5, 5.41) is 70.3. The van der Waals surface area contributed by atoms with Crippen LogP contribution in [0.5, 0.6) is 0 Å². The number of allylic oxidation sites excluding steroid dienone is 14. The fourth-order valence-electron chi connectivity index (χ4n) is 6.91. The van der Waals surface area contributed by atoms with E-state index in [9.17, 15) is 54.8 Å². The Morgan fingerprint density at radius 3 is 1.56 bits per heavy atom. The minimum Gasteiger partial charge on any atom is -0.462 e. The van der Waals surface area contributed by atoms with Gasteiger partial charge in [-0.05, 0) is 77.0 Å². The van der Waals surface area contributed by atoms with Crippen LogP contribution in [0, 0.1) is 0 Å². The zero-order chi connectivity index (χ0) is 51.7. The van der Waals surface area contributed by atoms with Gasteiger partial charge in [0.25, 0.3) is 0 Å². The summed E-state index contributed by atoms with van der Waals surface area (Å²) in [4.78, 5) is 35.8. The molecule has 0 saturated heterocycles. The lowest BCUT2D eigenvalue weighted by Crippen LogP contribution is -2.64. The minimum absolute atomic E-state index is 0.0946. The molecule has 0 aromatic heterocycles. The van der Waals surface area contributed by atoms with Crippen LogP contribution in [0.25, 0.3) is 0 Å². The first kappa shape index (κ1) is 64.4. The molecule has 1 aliphatic rings. The van der Waals surface area contributed by atoms with Crippen molar-refractivity contribution in [1.29, 1.82) is 0 Å². The number of esters is 2. The van der Waals surface area contributed by atoms with E-state index in [1.54, 1.807) is 42.5 Å². The molecule has 10 atom stereocenters. The van der Waals surface area contributed by atoms with Crippen molar-refractivity contribution in [3.63, 3.8) is 0 Å². The second-order valence-electron chi connectivity index (χ2n) is 17.3. The monoisotopic (exact) mass is 1010 g/mol. The third-order valence-electron chi connectivity index (χ3n) is 11.0. The van der Waals surface area contributed by atoms with E-state index in [4.69, 9.17) is 18.5 Å². The van der Waals surface area contributed by atoms with Gasteiger partial charge in [0.2, 0.25) is 0 Å². The molecule has 8 N–H and O–H groups in total. The smallest absolute Gasteiger partial charge is 0.462 e. The zero-order valence-corrected chi connectivity index (χ0v) is 42.6. The van der Waals surface area contributed by atoms with Gasteiger partial charge in [-0.1, -0.05) is 168 Å². The normalized spacial score (nSPS) is 22.6. The number of carbonyl (C=O) groups is 2. The summed E-state index contributed by atoms with van der Waals surface area (Å²) in [7, 11) is -5.18. The van der Waals surface area contributed by atoms with Crippen LogP contribution in [0.15, 0.2) is 109 Å². The molecule has 70 heavy (non-hydrogen) atoms. The van der Waals surface area contributed by atoms with Gasteiger partial charge in [-0.15, -0.1) is 0 Å². The van der Waals surface area contributed by atoms with E-state index in [1.165, 1.54) is 25.7 Å². The summed E-state index contributed by atoms with van der Waals surface area (Å²) in [5.74, 6) is -1.29. The van der Waals surface area contributed by atoms with Crippen LogP contribution in [0.1, 0.15) is 149 Å². The maximum absolute atomic E-state index is 12.9. The fraction of sp³-hybridized carbons (Fsp3) is 0.630. The summed E-state index contributed by atoms with van der Waals surface area (Å²) in [6.07, 6.45) is 37.6. The Morgan fingerprint density at radius 2 is 1.00 bits per heavy atom. The Kier molecular flexibility index (Phi) is 38.7. The van der Waals surface area contributed by atoms with Gasteiger partial charge in [0.1, 0.15) is 43.2 Å². The maximum atomic E-state index is 12.9. The zero-order valence-electron chi connectivity index (χ0n) is 41.7. The summed E-state index contributed by atoms with van der Waals surface area (Å²) in [6.45, 7) is 2.93. The third-order valence-corrected chi connectivity index (χ3v) is 12.0. The van der Waals surface area contributed by atoms with Gasteiger partial charge in [-0.2, -0.15) is 0 Å². The Morgan fingerprint density at radius 1 is 0.529 bits per heavy atom. The molecular weight excluding hydrogens is 920 g/mol. The first-order chi connectivity index (χ1) is 33.7. The predicted octanol–water partition coefficient (Wildman–Crippen LogP) is 8.72. The molecule has 0 radical (unpaired) electrons. The first-order valence-electron chi connectivity index (χ1n) is 25.4. The number of phosphoric acid groups is 1. The molecule has 1 aliphatic carbocycles. The van der Waals surface area contributed by atoms with Gasteiger partial charge in [0.05, 0.1) is 18.8 Å². The van der Waals surface area contributed by atoms with Crippen LogP contribution in [-0.4, -0.2) is 121 Å². The van der Waals surface area contributed by atoms with Crippen LogP contribution in [-0.2, 0) is 32.7 Å². The number of unbranched alkanes of at least 4 members (excludes halogenated alkanes) is 10. The minimum atomic E-state index is -5.18. The van der Waals surface area contributed by atoms with Crippen molar-refractivity contribution >= 4 is 19.8 Å². The van der Waals surface area contributed by atoms with Gasteiger partial charge < -0.3 is 50.1 Å². The standard InChI is InChI=1S/C54H87O15P/c1-3-5-7-8-9-10-11-12-13-14-15-16-17-18-19-20-21-22-26-34-40-47(57)66-42-46(43-67-70(64,65)69-54-52(62)50(60)49(59)51(61)53(54)63)68-48(58)41-35-27-24-23-25-31-37-45(56)39-33-29-28-32-38-44(55)36-30-6-4-2/h6,10-11,13-14,16-17,24-25,27-33,38-39,44-46,49-56,59-63H,3-5,7-9,12,15,18-23,26,34-37,40-43H2,1-2H3,(H,64,65)/b11-10-,14-13-,17-16-,27-24-,29-28-,30-6-,31-25-,38-32+,39-33+/t44-,45+,46+,49?,50-,51+,52+,53+,54?/m0/s1. The van der Waals surface area contributed by atoms with Crippen LogP contribution in [0.3, 0.4) is 0 Å². The van der Waals surface area contributed by atoms with E-state index in [0.717, 1.165) is 64.2 Å². The Hall–Kier alpha value is -3.57. The number of carbonyl (C=O) groups excluding carboxylic acids is 2. The maximum Gasteiger partial charge on any atom is 0.472 e. The van der Waals surface area contributed by atoms with Gasteiger partial charge in [-0.25, -0.2) is 4.57 Å². The summed E-state index contributed by atoms with van der Waals surface area (Å²) in [6, 6.07) is 0. The van der Waals surface area contributed by atoms with Crippen LogP contribution in [0.2, 0.25) is 0 Å². The van der Waals surface area contributed by atoms with Gasteiger partial charge >= 0.3 is 19.8 Å². The van der Waals surface area contributed by atoms with Crippen LogP contribution in [0.4, 0.5) is 0 Å². The number of aliphatic hydroxyl groups is 7. The van der Waals surface area contributed by atoms with E-state index in [2.05, 4.69) is 43.4 Å². The van der Waals surface area contributed by atoms with Crippen molar-refractivity contribution in [2.75, 3.05) is 13.2 Å². The number of rotatable bonds is 40. The molecule has 0 aromatic carbocycles. The van der Waals surface area contributed by atoms with Crippen molar-refractivity contribution in [3.05, 3.63) is 109 Å². The van der Waals surface area contributed by atoms with Crippen LogP contribution < -0.4 is 0 Å². The Balaban J connectivity index is 2.53. The first-order valence-corrected chi connectivity index (χ1v) is 26.9. The van der Waals surface area contributed by atoms with E-state index in [1.807, 2.05) is 37.3 Å². The summed E-state index contributed by atoms with van der Waals surface area (Å²) in [5.41, 5.74) is 0. The van der Waals surface area contributed by atoms with Gasteiger partial charge in [0, 0.05) is 12.8 Å². The topological polar surface area (TPSA) is 250 Å². The van der Waals surface area contributed by atoms with E-state index < -0.39 is 87.9 Å². The summed E-state index contributed by atoms with van der Waals surface area (Å²) >= 11 is 0. The molecule has 16 heteroatoms. The van der Waals surface area contributed by atoms with E-state index in [-0.39, 0.29) is 19.3 Å². The van der Waals surface area contributed by atoms with Crippen molar-refractivity contribution in [2.45, 2.75) is 204 Å². The quantitative estimate of drug-likeness (QED) is 0.00940. The fourth-order valence-corrected chi connectivity index (χ4v) is 7.88. The number of hydrogen-bond donors (Lipinski definition) is 8. The Labute approximate surface area is 418 Å². The molecule has 0 bridgehead atoms. The molecule has 1 fully saturated rings. The van der Waals surface area contributed by atoms with Crippen molar-refractivity contribution in [2.24, 2.45) is 0 Å². The predicted molar refractivity (Wildman–Crippen MR) is 274 cm³/mol. The Bertz CT molecular complexity index is 1670. The average molecular weight is 1010 g/mol.